The predicted molar refractivity (Wildman–Crippen MR) is 166 cm³/mol. The van der Waals surface area contributed by atoms with E-state index in [0.29, 0.717) is 5.39 Å². The number of carbonyl (C=O) groups excluding carboxylic acids is 3. The van der Waals surface area contributed by atoms with Crippen LogP contribution in [0.15, 0.2) is 65.6 Å². The first-order chi connectivity index (χ1) is 22.6. The number of nitrogens with one attached hydrogen (secondary N) is 1. The summed E-state index contributed by atoms with van der Waals surface area (Å²) in [5.74, 6) is -12.5. The molecule has 1 unspecified atom stereocenters. The van der Waals surface area contributed by atoms with Crippen LogP contribution in [-0.2, 0) is 25.5 Å². The van der Waals surface area contributed by atoms with Gasteiger partial charge in [-0.15, -0.1) is 0 Å². The minimum Gasteiger partial charge on any atom is -0.479 e. The van der Waals surface area contributed by atoms with Crippen LogP contribution in [0.1, 0.15) is 45.2 Å². The quantitative estimate of drug-likeness (QED) is 0.0990. The molecule has 4 rings (SSSR count). The Morgan fingerprint density at radius 3 is 2.25 bits per heavy atom. The number of aromatic nitrogens is 1. The molecule has 0 saturated heterocycles. The second-order valence-electron chi connectivity index (χ2n) is 11.5. The fourth-order valence-corrected chi connectivity index (χ4v) is 5.24. The van der Waals surface area contributed by atoms with E-state index in [4.69, 9.17) is 21.1 Å². The summed E-state index contributed by atoms with van der Waals surface area (Å²) in [6, 6.07) is 8.99. The molecule has 2 atom stereocenters. The molecule has 0 radical (unpaired) electrons. The fourth-order valence-electron chi connectivity index (χ4n) is 5.07. The highest BCUT2D eigenvalue weighted by molar-refractivity contribution is 6.31. The van der Waals surface area contributed by atoms with Gasteiger partial charge < -0.3 is 19.4 Å². The van der Waals surface area contributed by atoms with Gasteiger partial charge in [0, 0.05) is 29.1 Å². The SMILES string of the molecule is CC[C@@H](C(=O)NC(CC(=O)OC(C)(C)Cc1ccccc1F)C(=O)COc1c(F)c(F)cc(F)c1F)n1ccc2ccc(Cl)cc2c1=O. The van der Waals surface area contributed by atoms with Gasteiger partial charge in [-0.05, 0) is 55.5 Å². The number of nitrogens with zero attached hydrogens (tertiary/aromatic N) is 1. The number of hydrogen-bond donors (Lipinski definition) is 1. The topological polar surface area (TPSA) is 104 Å². The molecule has 1 heterocycles. The van der Waals surface area contributed by atoms with Gasteiger partial charge in [0.15, 0.2) is 23.2 Å². The lowest BCUT2D eigenvalue weighted by molar-refractivity contribution is -0.158. The number of amides is 1. The van der Waals surface area contributed by atoms with Gasteiger partial charge in [-0.25, -0.2) is 13.2 Å². The molecule has 1 aromatic heterocycles. The molecular weight excluding hydrogens is 663 g/mol. The molecule has 8 nitrogen and oxygen atoms in total. The van der Waals surface area contributed by atoms with E-state index in [1.165, 1.54) is 44.3 Å². The van der Waals surface area contributed by atoms with E-state index < -0.39 is 88.8 Å². The lowest BCUT2D eigenvalue weighted by Gasteiger charge is -2.27. The summed E-state index contributed by atoms with van der Waals surface area (Å²) in [7, 11) is 0. The number of ether oxygens (including phenoxy) is 2. The van der Waals surface area contributed by atoms with Crippen molar-refractivity contribution in [1.29, 1.82) is 0 Å². The molecule has 0 aliphatic rings. The molecule has 0 bridgehead atoms. The normalized spacial score (nSPS) is 12.8. The van der Waals surface area contributed by atoms with Crippen molar-refractivity contribution < 1.29 is 45.8 Å². The Hall–Kier alpha value is -4.78. The van der Waals surface area contributed by atoms with E-state index in [-0.39, 0.29) is 34.9 Å². The van der Waals surface area contributed by atoms with Gasteiger partial charge >= 0.3 is 5.97 Å². The highest BCUT2D eigenvalue weighted by atomic mass is 35.5. The molecular formula is C34H30ClF5N2O6. The number of fused-ring (bicyclic) bond motifs is 1. The number of Topliss-reactive ketones (excluding diaryl/α,β-unsaturated/α-hetero) is 1. The summed E-state index contributed by atoms with van der Waals surface area (Å²) in [5, 5.41) is 3.41. The zero-order valence-corrected chi connectivity index (χ0v) is 26.7. The number of halogens is 6. The first kappa shape index (κ1) is 36.1. The van der Waals surface area contributed by atoms with Crippen LogP contribution in [-0.4, -0.2) is 40.5 Å². The van der Waals surface area contributed by atoms with Crippen LogP contribution in [0, 0.1) is 29.1 Å². The minimum atomic E-state index is -1.90. The van der Waals surface area contributed by atoms with Crippen molar-refractivity contribution in [3.8, 4) is 5.75 Å². The van der Waals surface area contributed by atoms with Gasteiger partial charge in [0.25, 0.3) is 5.56 Å². The minimum absolute atomic E-state index is 0.0360. The Kier molecular flexibility index (Phi) is 11.2. The standard InChI is InChI=1S/C34H30ClF5N2O6/c1-4-26(42-12-11-18-9-10-20(35)13-21(18)33(42)46)32(45)41-25(27(43)17-47-31-29(39)23(37)14-24(38)30(31)40)15-28(44)48-34(2,3)16-19-7-5-6-8-22(19)36/h5-14,25-26H,4,15-17H2,1-3H3,(H,41,45)/t25?,26-/m0/s1. The van der Waals surface area contributed by atoms with E-state index in [9.17, 15) is 41.1 Å². The van der Waals surface area contributed by atoms with Crippen LogP contribution < -0.4 is 15.6 Å². The summed E-state index contributed by atoms with van der Waals surface area (Å²) >= 11 is 6.05. The third-order valence-corrected chi connectivity index (χ3v) is 7.63. The van der Waals surface area contributed by atoms with Crippen molar-refractivity contribution in [2.75, 3.05) is 6.61 Å². The Morgan fingerprint density at radius 1 is 0.938 bits per heavy atom. The Labute approximate surface area is 276 Å². The zero-order valence-electron chi connectivity index (χ0n) is 25.9. The molecule has 3 aromatic carbocycles. The van der Waals surface area contributed by atoms with E-state index in [0.717, 1.165) is 4.57 Å². The summed E-state index contributed by atoms with van der Waals surface area (Å²) < 4.78 is 81.4. The van der Waals surface area contributed by atoms with Crippen molar-refractivity contribution in [1.82, 2.24) is 9.88 Å². The maximum atomic E-state index is 14.3. The molecule has 0 saturated carbocycles. The maximum Gasteiger partial charge on any atom is 0.308 e. The third kappa shape index (κ3) is 8.38. The van der Waals surface area contributed by atoms with E-state index in [1.54, 1.807) is 31.2 Å². The van der Waals surface area contributed by atoms with Crippen molar-refractivity contribution >= 4 is 40.0 Å². The predicted octanol–water partition coefficient (Wildman–Crippen LogP) is 6.39. The molecule has 14 heteroatoms. The first-order valence-corrected chi connectivity index (χ1v) is 15.0. The second kappa shape index (κ2) is 15.0. The number of rotatable bonds is 13. The molecule has 48 heavy (non-hydrogen) atoms. The van der Waals surface area contributed by atoms with Crippen LogP contribution in [0.2, 0.25) is 5.02 Å². The number of carbonyl (C=O) groups is 3. The number of esters is 1. The Balaban J connectivity index is 1.59. The highest BCUT2D eigenvalue weighted by Crippen LogP contribution is 2.27. The molecule has 1 amide bonds. The van der Waals surface area contributed by atoms with Gasteiger partial charge in [-0.1, -0.05) is 42.8 Å². The first-order valence-electron chi connectivity index (χ1n) is 14.7. The largest absolute Gasteiger partial charge is 0.479 e. The van der Waals surface area contributed by atoms with Gasteiger partial charge in [0.1, 0.15) is 30.1 Å². The van der Waals surface area contributed by atoms with Crippen LogP contribution in [0.3, 0.4) is 0 Å². The van der Waals surface area contributed by atoms with E-state index in [2.05, 4.69) is 5.32 Å². The van der Waals surface area contributed by atoms with Crippen LogP contribution in [0.25, 0.3) is 10.8 Å². The van der Waals surface area contributed by atoms with Crippen LogP contribution in [0.4, 0.5) is 22.0 Å². The molecule has 0 aliphatic heterocycles. The monoisotopic (exact) mass is 692 g/mol. The summed E-state index contributed by atoms with van der Waals surface area (Å²) in [5.41, 5.74) is -1.63. The van der Waals surface area contributed by atoms with Crippen LogP contribution in [0.5, 0.6) is 5.75 Å². The van der Waals surface area contributed by atoms with E-state index >= 15 is 0 Å². The highest BCUT2D eigenvalue weighted by Gasteiger charge is 2.33. The smallest absolute Gasteiger partial charge is 0.308 e. The second-order valence-corrected chi connectivity index (χ2v) is 11.9. The molecule has 1 N–H and O–H groups in total. The molecule has 0 aliphatic carbocycles. The van der Waals surface area contributed by atoms with Gasteiger partial charge in [-0.3, -0.25) is 19.2 Å². The van der Waals surface area contributed by atoms with Crippen LogP contribution >= 0.6 is 11.6 Å². The Morgan fingerprint density at radius 2 is 1.60 bits per heavy atom. The van der Waals surface area contributed by atoms with Crippen molar-refractivity contribution in [3.63, 3.8) is 0 Å². The third-order valence-electron chi connectivity index (χ3n) is 7.39. The van der Waals surface area contributed by atoms with Crippen molar-refractivity contribution in [2.45, 2.75) is 57.7 Å². The summed E-state index contributed by atoms with van der Waals surface area (Å²) in [4.78, 5) is 53.2. The maximum absolute atomic E-state index is 14.3. The van der Waals surface area contributed by atoms with Gasteiger partial charge in [0.05, 0.1) is 6.42 Å². The molecule has 0 fully saturated rings. The number of benzene rings is 3. The number of pyridine rings is 1. The zero-order chi connectivity index (χ0) is 35.3. The average molecular weight is 693 g/mol. The lowest BCUT2D eigenvalue weighted by Crippen LogP contribution is -2.48. The van der Waals surface area contributed by atoms with Crippen molar-refractivity contribution in [2.24, 2.45) is 0 Å². The van der Waals surface area contributed by atoms with Crippen molar-refractivity contribution in [3.05, 3.63) is 111 Å². The summed E-state index contributed by atoms with van der Waals surface area (Å²) in [6.45, 7) is 3.33. The number of ketones is 1. The lowest BCUT2D eigenvalue weighted by atomic mass is 9.97. The fraction of sp³-hybridized carbons (Fsp3) is 0.294. The average Bonchev–Trinajstić information content (AvgIpc) is 3.02. The number of hydrogen-bond acceptors (Lipinski definition) is 6. The summed E-state index contributed by atoms with van der Waals surface area (Å²) in [6.07, 6.45) is 0.510. The Bertz CT molecular complexity index is 1910. The molecule has 254 valence electrons. The molecule has 0 spiro atoms. The van der Waals surface area contributed by atoms with Gasteiger partial charge in [0.2, 0.25) is 17.5 Å². The molecule has 4 aromatic rings. The van der Waals surface area contributed by atoms with Gasteiger partial charge in [-0.2, -0.15) is 8.78 Å². The van der Waals surface area contributed by atoms with E-state index in [1.807, 2.05) is 0 Å².